The van der Waals surface area contributed by atoms with Crippen molar-refractivity contribution in [1.82, 2.24) is 14.5 Å². The van der Waals surface area contributed by atoms with Crippen LogP contribution in [0.15, 0.2) is 17.5 Å². The zero-order chi connectivity index (χ0) is 14.6. The third-order valence-electron chi connectivity index (χ3n) is 4.15. The fourth-order valence-corrected chi connectivity index (χ4v) is 2.58. The van der Waals surface area contributed by atoms with E-state index in [0.29, 0.717) is 5.84 Å². The molecule has 1 aliphatic heterocycles. The van der Waals surface area contributed by atoms with Crippen LogP contribution in [0, 0.1) is 5.41 Å². The lowest BCUT2D eigenvalue weighted by Gasteiger charge is -2.28. The van der Waals surface area contributed by atoms with E-state index in [1.54, 1.807) is 0 Å². The standard InChI is InChI=1S/C14H25N5O/c1-14(2,13(15)17-20)5-3-4-7-18-9-10-19-8-6-16-12(19)11-18/h6,8,20H,3-5,7,9-11H2,1-2H3,(H2,15,17). The Morgan fingerprint density at radius 1 is 1.45 bits per heavy atom. The van der Waals surface area contributed by atoms with Crippen LogP contribution in [-0.4, -0.2) is 38.6 Å². The van der Waals surface area contributed by atoms with Gasteiger partial charge in [-0.3, -0.25) is 4.90 Å². The van der Waals surface area contributed by atoms with Crippen molar-refractivity contribution in [3.63, 3.8) is 0 Å². The zero-order valence-electron chi connectivity index (χ0n) is 12.4. The molecule has 0 unspecified atom stereocenters. The summed E-state index contributed by atoms with van der Waals surface area (Å²) in [5, 5.41) is 11.9. The summed E-state index contributed by atoms with van der Waals surface area (Å²) >= 11 is 0. The minimum atomic E-state index is -0.229. The average molecular weight is 279 g/mol. The Bertz CT molecular complexity index is 466. The molecule has 0 aromatic carbocycles. The van der Waals surface area contributed by atoms with Gasteiger partial charge in [0.25, 0.3) is 0 Å². The second-order valence-corrected chi connectivity index (χ2v) is 6.14. The van der Waals surface area contributed by atoms with Crippen molar-refractivity contribution in [2.24, 2.45) is 16.3 Å². The predicted molar refractivity (Wildman–Crippen MR) is 78.5 cm³/mol. The zero-order valence-corrected chi connectivity index (χ0v) is 12.4. The van der Waals surface area contributed by atoms with Crippen LogP contribution in [0.1, 0.15) is 38.9 Å². The van der Waals surface area contributed by atoms with Crippen molar-refractivity contribution in [3.05, 3.63) is 18.2 Å². The molecule has 1 aromatic heterocycles. The average Bonchev–Trinajstić information content (AvgIpc) is 2.90. The molecule has 1 aromatic rings. The second kappa shape index (κ2) is 6.26. The highest BCUT2D eigenvalue weighted by Gasteiger charge is 2.23. The molecule has 0 radical (unpaired) electrons. The smallest absolute Gasteiger partial charge is 0.144 e. The number of oxime groups is 1. The van der Waals surface area contributed by atoms with Crippen molar-refractivity contribution in [2.75, 3.05) is 13.1 Å². The monoisotopic (exact) mass is 279 g/mol. The van der Waals surface area contributed by atoms with Gasteiger partial charge in [-0.1, -0.05) is 25.4 Å². The molecule has 0 saturated heterocycles. The van der Waals surface area contributed by atoms with Gasteiger partial charge >= 0.3 is 0 Å². The highest BCUT2D eigenvalue weighted by Crippen LogP contribution is 2.23. The minimum Gasteiger partial charge on any atom is -0.409 e. The van der Waals surface area contributed by atoms with Gasteiger partial charge in [0.2, 0.25) is 0 Å². The summed E-state index contributed by atoms with van der Waals surface area (Å²) < 4.78 is 2.22. The van der Waals surface area contributed by atoms with Crippen LogP contribution in [0.2, 0.25) is 0 Å². The number of nitrogens with two attached hydrogens (primary N) is 1. The van der Waals surface area contributed by atoms with E-state index >= 15 is 0 Å². The number of hydrogen-bond acceptors (Lipinski definition) is 4. The lowest BCUT2D eigenvalue weighted by atomic mass is 9.86. The number of amidine groups is 1. The second-order valence-electron chi connectivity index (χ2n) is 6.14. The van der Waals surface area contributed by atoms with E-state index < -0.39 is 0 Å². The quantitative estimate of drug-likeness (QED) is 0.273. The normalized spacial score (nSPS) is 17.2. The highest BCUT2D eigenvalue weighted by atomic mass is 16.4. The summed E-state index contributed by atoms with van der Waals surface area (Å²) in [6, 6.07) is 0. The number of imidazole rings is 1. The predicted octanol–water partition coefficient (Wildman–Crippen LogP) is 1.64. The van der Waals surface area contributed by atoms with E-state index in [1.807, 2.05) is 26.2 Å². The fourth-order valence-electron chi connectivity index (χ4n) is 2.58. The van der Waals surface area contributed by atoms with Crippen molar-refractivity contribution < 1.29 is 5.21 Å². The molecular formula is C14H25N5O. The summed E-state index contributed by atoms with van der Waals surface area (Å²) in [6.45, 7) is 8.17. The van der Waals surface area contributed by atoms with Crippen LogP contribution in [-0.2, 0) is 13.1 Å². The van der Waals surface area contributed by atoms with Gasteiger partial charge in [-0.15, -0.1) is 0 Å². The molecule has 0 amide bonds. The SMILES string of the molecule is CC(C)(CCCCN1CCn2ccnc2C1)/C(N)=N/O. The number of aromatic nitrogens is 2. The van der Waals surface area contributed by atoms with Crippen LogP contribution < -0.4 is 5.73 Å². The maximum Gasteiger partial charge on any atom is 0.144 e. The molecule has 0 fully saturated rings. The van der Waals surface area contributed by atoms with Crippen molar-refractivity contribution in [1.29, 1.82) is 0 Å². The lowest BCUT2D eigenvalue weighted by molar-refractivity contribution is 0.210. The first-order valence-corrected chi connectivity index (χ1v) is 7.23. The topological polar surface area (TPSA) is 79.7 Å². The molecule has 0 bridgehead atoms. The molecule has 112 valence electrons. The fraction of sp³-hybridized carbons (Fsp3) is 0.714. The molecule has 0 saturated carbocycles. The molecule has 0 atom stereocenters. The van der Waals surface area contributed by atoms with Gasteiger partial charge in [-0.25, -0.2) is 4.98 Å². The van der Waals surface area contributed by atoms with Crippen LogP contribution in [0.3, 0.4) is 0 Å². The molecule has 6 heteroatoms. The lowest BCUT2D eigenvalue weighted by Crippen LogP contribution is -2.35. The van der Waals surface area contributed by atoms with Crippen LogP contribution >= 0.6 is 0 Å². The summed E-state index contributed by atoms with van der Waals surface area (Å²) in [6.07, 6.45) is 7.06. The third kappa shape index (κ3) is 3.50. The summed E-state index contributed by atoms with van der Waals surface area (Å²) in [5.41, 5.74) is 5.47. The van der Waals surface area contributed by atoms with Gasteiger partial charge in [0.1, 0.15) is 11.7 Å². The third-order valence-corrected chi connectivity index (χ3v) is 4.15. The Morgan fingerprint density at radius 3 is 3.00 bits per heavy atom. The van der Waals surface area contributed by atoms with Gasteiger partial charge in [-0.2, -0.15) is 0 Å². The molecule has 0 spiro atoms. The number of rotatable bonds is 6. The first-order valence-electron chi connectivity index (χ1n) is 7.23. The molecule has 1 aliphatic rings. The molecular weight excluding hydrogens is 254 g/mol. The number of nitrogens with zero attached hydrogens (tertiary/aromatic N) is 4. The molecule has 6 nitrogen and oxygen atoms in total. The molecule has 0 aliphatic carbocycles. The largest absolute Gasteiger partial charge is 0.409 e. The Morgan fingerprint density at radius 2 is 2.25 bits per heavy atom. The summed E-state index contributed by atoms with van der Waals surface area (Å²) in [5.74, 6) is 1.48. The Hall–Kier alpha value is -1.56. The first-order chi connectivity index (χ1) is 9.53. The van der Waals surface area contributed by atoms with E-state index in [9.17, 15) is 0 Å². The maximum absolute atomic E-state index is 8.75. The molecule has 2 rings (SSSR count). The van der Waals surface area contributed by atoms with Gasteiger partial charge in [0.15, 0.2) is 0 Å². The van der Waals surface area contributed by atoms with Crippen LogP contribution in [0.25, 0.3) is 0 Å². The van der Waals surface area contributed by atoms with E-state index in [1.165, 1.54) is 0 Å². The minimum absolute atomic E-state index is 0.229. The summed E-state index contributed by atoms with van der Waals surface area (Å²) in [7, 11) is 0. The maximum atomic E-state index is 8.75. The van der Waals surface area contributed by atoms with Gasteiger partial charge in [0, 0.05) is 30.9 Å². The van der Waals surface area contributed by atoms with Gasteiger partial charge in [0.05, 0.1) is 6.54 Å². The Kier molecular flexibility index (Phi) is 4.65. The number of unbranched alkanes of at least 4 members (excludes halogenated alkanes) is 1. The van der Waals surface area contributed by atoms with Crippen molar-refractivity contribution in [3.8, 4) is 0 Å². The molecule has 2 heterocycles. The van der Waals surface area contributed by atoms with E-state index in [-0.39, 0.29) is 5.41 Å². The number of hydrogen-bond donors (Lipinski definition) is 2. The molecule has 3 N–H and O–H groups in total. The van der Waals surface area contributed by atoms with E-state index in [2.05, 4.69) is 19.6 Å². The van der Waals surface area contributed by atoms with Crippen molar-refractivity contribution >= 4 is 5.84 Å². The first kappa shape index (κ1) is 14.8. The summed E-state index contributed by atoms with van der Waals surface area (Å²) in [4.78, 5) is 6.81. The highest BCUT2D eigenvalue weighted by molar-refractivity contribution is 5.85. The van der Waals surface area contributed by atoms with Crippen LogP contribution in [0.5, 0.6) is 0 Å². The Labute approximate surface area is 120 Å². The van der Waals surface area contributed by atoms with Gasteiger partial charge < -0.3 is 15.5 Å². The number of fused-ring (bicyclic) bond motifs is 1. The Balaban J connectivity index is 1.70. The van der Waals surface area contributed by atoms with Crippen LogP contribution in [0.4, 0.5) is 0 Å². The van der Waals surface area contributed by atoms with Gasteiger partial charge in [-0.05, 0) is 19.4 Å². The van der Waals surface area contributed by atoms with Crippen molar-refractivity contribution in [2.45, 2.75) is 46.2 Å². The molecule has 20 heavy (non-hydrogen) atoms. The van der Waals surface area contributed by atoms with E-state index in [4.69, 9.17) is 10.9 Å². The van der Waals surface area contributed by atoms with E-state index in [0.717, 1.165) is 51.3 Å².